The van der Waals surface area contributed by atoms with E-state index in [9.17, 15) is 0 Å². The maximum Gasteiger partial charge on any atom is 0.0991 e. The molecule has 0 radical (unpaired) electrons. The summed E-state index contributed by atoms with van der Waals surface area (Å²) in [6.45, 7) is 0. The molecule has 0 saturated carbocycles. The fourth-order valence-electron chi connectivity index (χ4n) is 1.72. The number of benzene rings is 2. The Labute approximate surface area is 116 Å². The summed E-state index contributed by atoms with van der Waals surface area (Å²) in [6.07, 6.45) is 0. The van der Waals surface area contributed by atoms with E-state index < -0.39 is 0 Å². The lowest BCUT2D eigenvalue weighted by Gasteiger charge is -2.19. The van der Waals surface area contributed by atoms with Gasteiger partial charge in [0.15, 0.2) is 0 Å². The zero-order chi connectivity index (χ0) is 13.0. The highest BCUT2D eigenvalue weighted by atomic mass is 79.9. The van der Waals surface area contributed by atoms with Crippen LogP contribution in [0.2, 0.25) is 0 Å². The number of halogens is 1. The van der Waals surface area contributed by atoms with Crippen molar-refractivity contribution in [2.45, 2.75) is 5.33 Å². The zero-order valence-corrected chi connectivity index (χ0v) is 11.7. The first-order chi connectivity index (χ1) is 8.74. The molecule has 0 N–H and O–H groups in total. The second-order valence-corrected chi connectivity index (χ2v) is 4.58. The van der Waals surface area contributed by atoms with Crippen molar-refractivity contribution in [3.8, 4) is 6.07 Å². The molecule has 0 heterocycles. The molecular formula is C15H13BrN2. The maximum absolute atomic E-state index is 8.77. The van der Waals surface area contributed by atoms with E-state index in [0.717, 1.165) is 16.7 Å². The average Bonchev–Trinajstić information content (AvgIpc) is 2.47. The fraction of sp³-hybridized carbons (Fsp3) is 0.133. The lowest BCUT2D eigenvalue weighted by Crippen LogP contribution is -2.09. The van der Waals surface area contributed by atoms with Gasteiger partial charge < -0.3 is 4.90 Å². The minimum absolute atomic E-state index is 0.682. The monoisotopic (exact) mass is 300 g/mol. The minimum Gasteiger partial charge on any atom is -0.345 e. The molecule has 2 aromatic rings. The topological polar surface area (TPSA) is 27.0 Å². The summed E-state index contributed by atoms with van der Waals surface area (Å²) in [5.74, 6) is 0. The van der Waals surface area contributed by atoms with Crippen molar-refractivity contribution >= 4 is 27.3 Å². The summed E-state index contributed by atoms with van der Waals surface area (Å²) >= 11 is 3.44. The Morgan fingerprint density at radius 1 is 1.00 bits per heavy atom. The van der Waals surface area contributed by atoms with Gasteiger partial charge in [0.2, 0.25) is 0 Å². The van der Waals surface area contributed by atoms with Crippen LogP contribution in [0.5, 0.6) is 0 Å². The molecule has 0 aliphatic carbocycles. The van der Waals surface area contributed by atoms with Crippen LogP contribution in [0, 0.1) is 11.3 Å². The highest BCUT2D eigenvalue weighted by Crippen LogP contribution is 2.24. The van der Waals surface area contributed by atoms with Gasteiger partial charge in [-0.15, -0.1) is 0 Å². The van der Waals surface area contributed by atoms with Crippen LogP contribution in [0.4, 0.5) is 11.4 Å². The normalized spacial score (nSPS) is 9.83. The molecule has 0 aliphatic heterocycles. The molecule has 0 bridgehead atoms. The van der Waals surface area contributed by atoms with Crippen molar-refractivity contribution in [3.63, 3.8) is 0 Å². The molecule has 3 heteroatoms. The third-order valence-electron chi connectivity index (χ3n) is 2.86. The molecular weight excluding hydrogens is 288 g/mol. The Hall–Kier alpha value is -1.79. The number of hydrogen-bond acceptors (Lipinski definition) is 2. The van der Waals surface area contributed by atoms with Crippen LogP contribution in [0.1, 0.15) is 11.1 Å². The lowest BCUT2D eigenvalue weighted by atomic mass is 10.2. The van der Waals surface area contributed by atoms with E-state index in [-0.39, 0.29) is 0 Å². The SMILES string of the molecule is CN(c1ccc(C#N)cc1)c1ccc(CBr)cc1. The molecule has 0 saturated heterocycles. The van der Waals surface area contributed by atoms with Gasteiger partial charge in [-0.2, -0.15) is 5.26 Å². The summed E-state index contributed by atoms with van der Waals surface area (Å²) in [4.78, 5) is 2.10. The lowest BCUT2D eigenvalue weighted by molar-refractivity contribution is 1.20. The van der Waals surface area contributed by atoms with Crippen LogP contribution >= 0.6 is 15.9 Å². The third kappa shape index (κ3) is 2.72. The molecule has 0 aromatic heterocycles. The van der Waals surface area contributed by atoms with Crippen LogP contribution in [-0.4, -0.2) is 7.05 Å². The minimum atomic E-state index is 0.682. The van der Waals surface area contributed by atoms with E-state index >= 15 is 0 Å². The van der Waals surface area contributed by atoms with Crippen molar-refractivity contribution in [2.75, 3.05) is 11.9 Å². The van der Waals surface area contributed by atoms with Crippen LogP contribution < -0.4 is 4.90 Å². The molecule has 0 amide bonds. The summed E-state index contributed by atoms with van der Waals surface area (Å²) in [6, 6.07) is 18.1. The van der Waals surface area contributed by atoms with Gasteiger partial charge in [0, 0.05) is 23.8 Å². The average molecular weight is 301 g/mol. The van der Waals surface area contributed by atoms with Gasteiger partial charge in [0.25, 0.3) is 0 Å². The molecule has 0 fully saturated rings. The third-order valence-corrected chi connectivity index (χ3v) is 3.51. The van der Waals surface area contributed by atoms with Gasteiger partial charge in [-0.3, -0.25) is 0 Å². The van der Waals surface area contributed by atoms with Gasteiger partial charge in [-0.05, 0) is 42.0 Å². The van der Waals surface area contributed by atoms with Crippen molar-refractivity contribution in [1.29, 1.82) is 5.26 Å². The number of nitrogens with zero attached hydrogens (tertiary/aromatic N) is 2. The highest BCUT2D eigenvalue weighted by molar-refractivity contribution is 9.08. The summed E-state index contributed by atoms with van der Waals surface area (Å²) in [5.41, 5.74) is 4.14. The summed E-state index contributed by atoms with van der Waals surface area (Å²) in [5, 5.41) is 9.64. The Morgan fingerprint density at radius 2 is 1.50 bits per heavy atom. The van der Waals surface area contributed by atoms with Gasteiger partial charge in [-0.25, -0.2) is 0 Å². The van der Waals surface area contributed by atoms with Crippen LogP contribution in [0.3, 0.4) is 0 Å². The quantitative estimate of drug-likeness (QED) is 0.794. The Kier molecular flexibility index (Phi) is 4.01. The second-order valence-electron chi connectivity index (χ2n) is 4.02. The predicted molar refractivity (Wildman–Crippen MR) is 78.3 cm³/mol. The van der Waals surface area contributed by atoms with Crippen molar-refractivity contribution < 1.29 is 0 Å². The van der Waals surface area contributed by atoms with Crippen molar-refractivity contribution in [1.82, 2.24) is 0 Å². The van der Waals surface area contributed by atoms with E-state index in [0.29, 0.717) is 5.56 Å². The number of anilines is 2. The maximum atomic E-state index is 8.77. The van der Waals surface area contributed by atoms with E-state index in [4.69, 9.17) is 5.26 Å². The van der Waals surface area contributed by atoms with Gasteiger partial charge >= 0.3 is 0 Å². The second kappa shape index (κ2) is 5.70. The molecule has 0 spiro atoms. The molecule has 2 aromatic carbocycles. The molecule has 0 aliphatic rings. The molecule has 0 atom stereocenters. The first-order valence-corrected chi connectivity index (χ1v) is 6.75. The van der Waals surface area contributed by atoms with Crippen LogP contribution in [-0.2, 0) is 5.33 Å². The smallest absolute Gasteiger partial charge is 0.0991 e. The zero-order valence-electron chi connectivity index (χ0n) is 10.1. The number of rotatable bonds is 3. The van der Waals surface area contributed by atoms with E-state index in [1.165, 1.54) is 5.56 Å². The Morgan fingerprint density at radius 3 is 1.94 bits per heavy atom. The van der Waals surface area contributed by atoms with Crippen molar-refractivity contribution in [3.05, 3.63) is 59.7 Å². The number of hydrogen-bond donors (Lipinski definition) is 0. The summed E-state index contributed by atoms with van der Waals surface area (Å²) < 4.78 is 0. The van der Waals surface area contributed by atoms with E-state index in [1.807, 2.05) is 31.3 Å². The van der Waals surface area contributed by atoms with Crippen molar-refractivity contribution in [2.24, 2.45) is 0 Å². The molecule has 90 valence electrons. The van der Waals surface area contributed by atoms with Gasteiger partial charge in [-0.1, -0.05) is 28.1 Å². The summed E-state index contributed by atoms with van der Waals surface area (Å²) in [7, 11) is 2.02. The number of alkyl halides is 1. The predicted octanol–water partition coefficient (Wildman–Crippen LogP) is 4.22. The van der Waals surface area contributed by atoms with Gasteiger partial charge in [0.05, 0.1) is 11.6 Å². The molecule has 2 rings (SSSR count). The largest absolute Gasteiger partial charge is 0.345 e. The molecule has 0 unspecified atom stereocenters. The van der Waals surface area contributed by atoms with Gasteiger partial charge in [0.1, 0.15) is 0 Å². The first-order valence-electron chi connectivity index (χ1n) is 5.63. The standard InChI is InChI=1S/C15H13BrN2/c1-18(14-6-2-12(10-16)3-7-14)15-8-4-13(11-17)5-9-15/h2-9H,10H2,1H3. The van der Waals surface area contributed by atoms with E-state index in [2.05, 4.69) is 51.2 Å². The van der Waals surface area contributed by atoms with Crippen LogP contribution in [0.25, 0.3) is 0 Å². The molecule has 18 heavy (non-hydrogen) atoms. The van der Waals surface area contributed by atoms with Crippen LogP contribution in [0.15, 0.2) is 48.5 Å². The molecule has 2 nitrogen and oxygen atoms in total. The first kappa shape index (κ1) is 12.7. The highest BCUT2D eigenvalue weighted by Gasteiger charge is 2.03. The Balaban J connectivity index is 2.23. The number of nitriles is 1. The van der Waals surface area contributed by atoms with E-state index in [1.54, 1.807) is 0 Å². The fourth-order valence-corrected chi connectivity index (χ4v) is 2.09. The Bertz CT molecular complexity index is 553.